The lowest BCUT2D eigenvalue weighted by Crippen LogP contribution is -2.51. The number of amides is 2. The Morgan fingerprint density at radius 1 is 1.15 bits per heavy atom. The number of piperidine rings is 1. The Kier molecular flexibility index (Phi) is 7.45. The Morgan fingerprint density at radius 2 is 1.93 bits per heavy atom. The topological polar surface area (TPSA) is 104 Å². The van der Waals surface area contributed by atoms with Crippen LogP contribution in [0.4, 0.5) is 0 Å². The Labute approximate surface area is 242 Å². The molecule has 0 bridgehead atoms. The number of carbonyl (C=O) groups is 2. The van der Waals surface area contributed by atoms with Gasteiger partial charge in [0.05, 0.1) is 16.3 Å². The summed E-state index contributed by atoms with van der Waals surface area (Å²) in [7, 11) is 0. The van der Waals surface area contributed by atoms with E-state index >= 15 is 0 Å². The maximum absolute atomic E-state index is 13.6. The van der Waals surface area contributed by atoms with Crippen LogP contribution in [0.3, 0.4) is 0 Å². The van der Waals surface area contributed by atoms with Gasteiger partial charge in [-0.15, -0.1) is 11.3 Å². The number of likely N-dealkylation sites (tertiary alicyclic amines) is 1. The zero-order chi connectivity index (χ0) is 28.5. The summed E-state index contributed by atoms with van der Waals surface area (Å²) < 4.78 is 5.55. The van der Waals surface area contributed by atoms with Crippen molar-refractivity contribution < 1.29 is 14.1 Å². The molecule has 2 N–H and O–H groups in total. The largest absolute Gasteiger partial charge is 0.361 e. The van der Waals surface area contributed by atoms with E-state index in [-0.39, 0.29) is 17.7 Å². The number of H-pyrrole nitrogens is 1. The van der Waals surface area contributed by atoms with Crippen LogP contribution in [0, 0.1) is 13.8 Å². The average molecular weight is 568 g/mol. The van der Waals surface area contributed by atoms with Gasteiger partial charge in [0, 0.05) is 60.4 Å². The van der Waals surface area contributed by atoms with Crippen LogP contribution in [-0.4, -0.2) is 51.0 Å². The van der Waals surface area contributed by atoms with Crippen molar-refractivity contribution in [3.8, 4) is 22.5 Å². The van der Waals surface area contributed by atoms with Crippen molar-refractivity contribution in [1.82, 2.24) is 25.3 Å². The first kappa shape index (κ1) is 27.0. The number of hydrogen-bond acceptors (Lipinski definition) is 6. The number of nitrogens with zero attached hydrogens (tertiary/aromatic N) is 3. The molecule has 41 heavy (non-hydrogen) atoms. The first-order valence-electron chi connectivity index (χ1n) is 14.0. The molecule has 4 heterocycles. The second-order valence-corrected chi connectivity index (χ2v) is 11.7. The van der Waals surface area contributed by atoms with Crippen LogP contribution < -0.4 is 5.32 Å². The number of thiazole rings is 1. The molecule has 6 rings (SSSR count). The number of hydrogen-bond donors (Lipinski definition) is 2. The summed E-state index contributed by atoms with van der Waals surface area (Å²) >= 11 is 1.65. The van der Waals surface area contributed by atoms with Crippen molar-refractivity contribution in [2.45, 2.75) is 52.0 Å². The van der Waals surface area contributed by atoms with E-state index in [1.54, 1.807) is 11.3 Å². The summed E-state index contributed by atoms with van der Waals surface area (Å²) in [6, 6.07) is 15.6. The van der Waals surface area contributed by atoms with Crippen molar-refractivity contribution in [3.05, 3.63) is 82.0 Å². The van der Waals surface area contributed by atoms with E-state index in [0.717, 1.165) is 68.2 Å². The van der Waals surface area contributed by atoms with Gasteiger partial charge >= 0.3 is 0 Å². The molecule has 1 saturated heterocycles. The zero-order valence-electron chi connectivity index (χ0n) is 23.4. The SMILES string of the molecule is CC(=O)NC(Cc1c[nH]c2ccc(C)cc12)C(=O)N1CCC(c2nc(-c3c(-c4ccccc4)noc3C)cs2)CC1. The lowest BCUT2D eigenvalue weighted by Gasteiger charge is -2.33. The summed E-state index contributed by atoms with van der Waals surface area (Å²) in [4.78, 5) is 35.9. The number of rotatable bonds is 7. The standard InChI is InChI=1S/C32H33N5O3S/c1-19-9-10-26-25(15-19)24(17-33-26)16-27(34-21(3)38)32(39)37-13-11-23(12-14-37)31-35-28(18-41-31)29-20(2)40-36-30(29)22-7-5-4-6-8-22/h4-10,15,17-18,23,27,33H,11-14,16H2,1-3H3,(H,34,38). The molecule has 1 unspecified atom stereocenters. The number of nitrogens with one attached hydrogen (secondary N) is 2. The number of aromatic amines is 1. The maximum Gasteiger partial charge on any atom is 0.245 e. The van der Waals surface area contributed by atoms with Crippen LogP contribution in [0.5, 0.6) is 0 Å². The molecule has 1 fully saturated rings. The molecule has 3 aromatic heterocycles. The van der Waals surface area contributed by atoms with Gasteiger partial charge < -0.3 is 19.7 Å². The highest BCUT2D eigenvalue weighted by atomic mass is 32.1. The monoisotopic (exact) mass is 567 g/mol. The highest BCUT2D eigenvalue weighted by Crippen LogP contribution is 2.38. The quantitative estimate of drug-likeness (QED) is 0.250. The minimum atomic E-state index is -0.608. The normalized spacial score (nSPS) is 14.9. The van der Waals surface area contributed by atoms with Gasteiger partial charge in [-0.25, -0.2) is 4.98 Å². The summed E-state index contributed by atoms with van der Waals surface area (Å²) in [6.45, 7) is 6.69. The van der Waals surface area contributed by atoms with E-state index in [1.165, 1.54) is 6.92 Å². The Morgan fingerprint density at radius 3 is 2.68 bits per heavy atom. The first-order valence-corrected chi connectivity index (χ1v) is 14.9. The molecule has 0 spiro atoms. The number of benzene rings is 2. The molecule has 1 atom stereocenters. The van der Waals surface area contributed by atoms with Crippen LogP contribution in [-0.2, 0) is 16.0 Å². The van der Waals surface area contributed by atoms with Gasteiger partial charge in [0.1, 0.15) is 17.5 Å². The summed E-state index contributed by atoms with van der Waals surface area (Å²) in [6.07, 6.45) is 4.04. The van der Waals surface area contributed by atoms with Gasteiger partial charge in [0.15, 0.2) is 0 Å². The first-order chi connectivity index (χ1) is 19.9. The summed E-state index contributed by atoms with van der Waals surface area (Å²) in [5.74, 6) is 0.779. The number of aryl methyl sites for hydroxylation is 2. The molecule has 2 aromatic carbocycles. The zero-order valence-corrected chi connectivity index (χ0v) is 24.3. The van der Waals surface area contributed by atoms with Gasteiger partial charge in [-0.3, -0.25) is 9.59 Å². The van der Waals surface area contributed by atoms with Crippen molar-refractivity contribution >= 4 is 34.1 Å². The van der Waals surface area contributed by atoms with Gasteiger partial charge in [-0.05, 0) is 44.4 Å². The van der Waals surface area contributed by atoms with Crippen LogP contribution in [0.25, 0.3) is 33.4 Å². The lowest BCUT2D eigenvalue weighted by molar-refractivity contribution is -0.137. The van der Waals surface area contributed by atoms with Gasteiger partial charge in [0.25, 0.3) is 0 Å². The Bertz CT molecular complexity index is 1690. The van der Waals surface area contributed by atoms with E-state index in [1.807, 2.05) is 54.4 Å². The third kappa shape index (κ3) is 5.54. The number of aromatic nitrogens is 3. The van der Waals surface area contributed by atoms with E-state index in [4.69, 9.17) is 9.51 Å². The van der Waals surface area contributed by atoms with E-state index in [9.17, 15) is 9.59 Å². The molecule has 8 nitrogen and oxygen atoms in total. The van der Waals surface area contributed by atoms with Gasteiger partial charge in [0.2, 0.25) is 11.8 Å². The number of carbonyl (C=O) groups excluding carboxylic acids is 2. The fourth-order valence-electron chi connectivity index (χ4n) is 5.75. The molecule has 5 aromatic rings. The molecule has 210 valence electrons. The molecule has 0 saturated carbocycles. The van der Waals surface area contributed by atoms with E-state index < -0.39 is 6.04 Å². The third-order valence-electron chi connectivity index (χ3n) is 7.87. The van der Waals surface area contributed by atoms with Gasteiger partial charge in [-0.1, -0.05) is 47.1 Å². The van der Waals surface area contributed by atoms with Crippen LogP contribution >= 0.6 is 11.3 Å². The van der Waals surface area contributed by atoms with Crippen LogP contribution in [0.15, 0.2) is 64.6 Å². The molecular weight excluding hydrogens is 534 g/mol. The Balaban J connectivity index is 1.15. The minimum Gasteiger partial charge on any atom is -0.361 e. The van der Waals surface area contributed by atoms with E-state index in [0.29, 0.717) is 19.5 Å². The molecule has 2 amide bonds. The van der Waals surface area contributed by atoms with Crippen molar-refractivity contribution in [1.29, 1.82) is 0 Å². The molecule has 9 heteroatoms. The fraction of sp³-hybridized carbons (Fsp3) is 0.312. The maximum atomic E-state index is 13.6. The van der Waals surface area contributed by atoms with Gasteiger partial charge in [-0.2, -0.15) is 0 Å². The smallest absolute Gasteiger partial charge is 0.245 e. The predicted octanol–water partition coefficient (Wildman–Crippen LogP) is 6.02. The Hall–Kier alpha value is -4.24. The van der Waals surface area contributed by atoms with Crippen LogP contribution in [0.2, 0.25) is 0 Å². The third-order valence-corrected chi connectivity index (χ3v) is 8.87. The lowest BCUT2D eigenvalue weighted by atomic mass is 9.96. The highest BCUT2D eigenvalue weighted by Gasteiger charge is 2.31. The second-order valence-electron chi connectivity index (χ2n) is 10.8. The molecule has 0 radical (unpaired) electrons. The van der Waals surface area contributed by atoms with Crippen molar-refractivity contribution in [2.75, 3.05) is 13.1 Å². The molecule has 0 aliphatic carbocycles. The minimum absolute atomic E-state index is 0.0342. The molecular formula is C32H33N5O3S. The predicted molar refractivity (Wildman–Crippen MR) is 161 cm³/mol. The number of fused-ring (bicyclic) bond motifs is 1. The molecule has 1 aliphatic heterocycles. The van der Waals surface area contributed by atoms with E-state index in [2.05, 4.69) is 39.9 Å². The van der Waals surface area contributed by atoms with Crippen molar-refractivity contribution in [2.24, 2.45) is 0 Å². The summed E-state index contributed by atoms with van der Waals surface area (Å²) in [5.41, 5.74) is 6.81. The molecule has 1 aliphatic rings. The second kappa shape index (κ2) is 11.3. The summed E-state index contributed by atoms with van der Waals surface area (Å²) in [5, 5.41) is 11.5. The highest BCUT2D eigenvalue weighted by molar-refractivity contribution is 7.10. The fourth-order valence-corrected chi connectivity index (χ4v) is 6.73. The average Bonchev–Trinajstić information content (AvgIpc) is 3.71. The van der Waals surface area contributed by atoms with Crippen LogP contribution in [0.1, 0.15) is 47.6 Å². The van der Waals surface area contributed by atoms with Crippen molar-refractivity contribution in [3.63, 3.8) is 0 Å².